The molecule has 1 N–H and O–H groups in total. The van der Waals surface area contributed by atoms with Crippen LogP contribution in [0.5, 0.6) is 17.2 Å². The van der Waals surface area contributed by atoms with Gasteiger partial charge >= 0.3 is 6.03 Å². The van der Waals surface area contributed by atoms with Gasteiger partial charge < -0.3 is 24.4 Å². The first-order valence-electron chi connectivity index (χ1n) is 12.0. The van der Waals surface area contributed by atoms with E-state index in [1.807, 2.05) is 65.6 Å². The first kappa shape index (κ1) is 23.5. The lowest BCUT2D eigenvalue weighted by atomic mass is 10.00. The van der Waals surface area contributed by atoms with E-state index in [0.717, 1.165) is 33.7 Å². The molecule has 3 aromatic carbocycles. The van der Waals surface area contributed by atoms with E-state index in [2.05, 4.69) is 5.32 Å². The van der Waals surface area contributed by atoms with Crippen molar-refractivity contribution in [3.8, 4) is 28.4 Å². The molecule has 0 unspecified atom stereocenters. The predicted molar refractivity (Wildman–Crippen MR) is 137 cm³/mol. The molecule has 5 rings (SSSR count). The minimum atomic E-state index is -0.0926. The molecule has 2 aliphatic heterocycles. The highest BCUT2D eigenvalue weighted by atomic mass is 16.5. The number of para-hydroxylation sites is 1. The van der Waals surface area contributed by atoms with E-state index in [0.29, 0.717) is 44.3 Å². The number of hydrogen-bond donors (Lipinski definition) is 1. The molecule has 0 aliphatic carbocycles. The van der Waals surface area contributed by atoms with Crippen LogP contribution in [-0.2, 0) is 17.8 Å². The van der Waals surface area contributed by atoms with Gasteiger partial charge in [0, 0.05) is 36.4 Å². The number of amides is 3. The summed E-state index contributed by atoms with van der Waals surface area (Å²) in [6.45, 7) is 2.56. The van der Waals surface area contributed by atoms with Gasteiger partial charge in [-0.25, -0.2) is 4.79 Å². The van der Waals surface area contributed by atoms with Gasteiger partial charge in [0.2, 0.25) is 5.91 Å². The number of ether oxygens (including phenoxy) is 3. The normalized spacial score (nSPS) is 15.0. The van der Waals surface area contributed by atoms with E-state index in [4.69, 9.17) is 14.2 Å². The van der Waals surface area contributed by atoms with Crippen molar-refractivity contribution in [3.05, 3.63) is 71.8 Å². The number of rotatable bonds is 6. The summed E-state index contributed by atoms with van der Waals surface area (Å²) in [5, 5.41) is 2.80. The third-order valence-corrected chi connectivity index (χ3v) is 6.55. The topological polar surface area (TPSA) is 80.3 Å². The summed E-state index contributed by atoms with van der Waals surface area (Å²) in [5.41, 5.74) is 4.48. The molecule has 3 aromatic rings. The summed E-state index contributed by atoms with van der Waals surface area (Å²) in [6, 6.07) is 19.3. The zero-order chi connectivity index (χ0) is 25.1. The van der Waals surface area contributed by atoms with E-state index in [-0.39, 0.29) is 18.4 Å². The van der Waals surface area contributed by atoms with Gasteiger partial charge in [-0.15, -0.1) is 0 Å². The SMILES string of the molecule is COc1ccccc1-c1cc2c(c(OC)c1)OCCN(C(=O)Cc1ccc(N3CCNC3=O)cc1)C2. The molecule has 0 saturated carbocycles. The molecule has 1 saturated heterocycles. The number of carbonyl (C=O) groups excluding carboxylic acids is 2. The minimum Gasteiger partial charge on any atom is -0.496 e. The fourth-order valence-corrected chi connectivity index (χ4v) is 4.69. The largest absolute Gasteiger partial charge is 0.496 e. The van der Waals surface area contributed by atoms with E-state index in [9.17, 15) is 9.59 Å². The molecular weight excluding hydrogens is 458 g/mol. The van der Waals surface area contributed by atoms with Gasteiger partial charge in [-0.3, -0.25) is 9.69 Å². The Morgan fingerprint density at radius 3 is 2.50 bits per heavy atom. The number of hydrogen-bond acceptors (Lipinski definition) is 5. The van der Waals surface area contributed by atoms with Crippen molar-refractivity contribution in [1.29, 1.82) is 0 Å². The standard InChI is InChI=1S/C28H29N3O5/c1-34-24-6-4-3-5-23(24)20-16-21-18-30(13-14-36-27(21)25(17-20)35-2)26(32)15-19-7-9-22(10-8-19)31-12-11-29-28(31)33/h3-10,16-17H,11-15,18H2,1-2H3,(H,29,33). The Labute approximate surface area is 210 Å². The zero-order valence-corrected chi connectivity index (χ0v) is 20.5. The molecule has 3 amide bonds. The average Bonchev–Trinajstić information content (AvgIpc) is 3.21. The smallest absolute Gasteiger partial charge is 0.321 e. The molecule has 2 aliphatic rings. The number of nitrogens with zero attached hydrogens (tertiary/aromatic N) is 2. The number of nitrogens with one attached hydrogen (secondary N) is 1. The molecule has 0 spiro atoms. The van der Waals surface area contributed by atoms with Crippen molar-refractivity contribution in [2.45, 2.75) is 13.0 Å². The van der Waals surface area contributed by atoms with Crippen molar-refractivity contribution in [2.75, 3.05) is 45.4 Å². The maximum atomic E-state index is 13.3. The maximum absolute atomic E-state index is 13.3. The molecule has 36 heavy (non-hydrogen) atoms. The highest BCUT2D eigenvalue weighted by Crippen LogP contribution is 2.40. The Hall–Kier alpha value is -4.20. The Balaban J connectivity index is 1.36. The first-order valence-corrected chi connectivity index (χ1v) is 12.0. The molecule has 2 heterocycles. The Kier molecular flexibility index (Phi) is 6.66. The Morgan fingerprint density at radius 1 is 1.00 bits per heavy atom. The van der Waals surface area contributed by atoms with Crippen molar-refractivity contribution in [2.24, 2.45) is 0 Å². The van der Waals surface area contributed by atoms with Gasteiger partial charge in [-0.05, 0) is 41.5 Å². The van der Waals surface area contributed by atoms with Gasteiger partial charge in [0.1, 0.15) is 12.4 Å². The van der Waals surface area contributed by atoms with Crippen LogP contribution in [0.25, 0.3) is 11.1 Å². The third kappa shape index (κ3) is 4.66. The summed E-state index contributed by atoms with van der Waals surface area (Å²) in [6.07, 6.45) is 0.269. The van der Waals surface area contributed by atoms with Crippen LogP contribution >= 0.6 is 0 Å². The molecule has 0 radical (unpaired) electrons. The van der Waals surface area contributed by atoms with E-state index < -0.39 is 0 Å². The van der Waals surface area contributed by atoms with E-state index in [1.54, 1.807) is 19.1 Å². The van der Waals surface area contributed by atoms with Gasteiger partial charge in [0.15, 0.2) is 11.5 Å². The lowest BCUT2D eigenvalue weighted by Crippen LogP contribution is -2.33. The van der Waals surface area contributed by atoms with E-state index >= 15 is 0 Å². The van der Waals surface area contributed by atoms with Crippen LogP contribution in [0.2, 0.25) is 0 Å². The Morgan fingerprint density at radius 2 is 1.78 bits per heavy atom. The lowest BCUT2D eigenvalue weighted by molar-refractivity contribution is -0.131. The van der Waals surface area contributed by atoms with Crippen molar-refractivity contribution >= 4 is 17.6 Å². The monoisotopic (exact) mass is 487 g/mol. The molecule has 0 bridgehead atoms. The second kappa shape index (κ2) is 10.2. The molecular formula is C28H29N3O5. The van der Waals surface area contributed by atoms with Crippen LogP contribution in [0.4, 0.5) is 10.5 Å². The van der Waals surface area contributed by atoms with Crippen LogP contribution in [-0.4, -0.2) is 57.3 Å². The number of fused-ring (bicyclic) bond motifs is 1. The number of carbonyl (C=O) groups is 2. The van der Waals surface area contributed by atoms with Gasteiger partial charge in [0.25, 0.3) is 0 Å². The summed E-state index contributed by atoms with van der Waals surface area (Å²) in [5.74, 6) is 2.07. The van der Waals surface area contributed by atoms with Crippen LogP contribution in [0, 0.1) is 0 Å². The second-order valence-electron chi connectivity index (χ2n) is 8.76. The van der Waals surface area contributed by atoms with Crippen LogP contribution in [0.1, 0.15) is 11.1 Å². The van der Waals surface area contributed by atoms with Crippen molar-refractivity contribution in [3.63, 3.8) is 0 Å². The zero-order valence-electron chi connectivity index (χ0n) is 20.5. The van der Waals surface area contributed by atoms with Crippen LogP contribution < -0.4 is 24.4 Å². The molecule has 186 valence electrons. The molecule has 8 nitrogen and oxygen atoms in total. The summed E-state index contributed by atoms with van der Waals surface area (Å²) in [4.78, 5) is 28.7. The molecule has 8 heteroatoms. The van der Waals surface area contributed by atoms with E-state index in [1.165, 1.54) is 0 Å². The number of anilines is 1. The van der Waals surface area contributed by atoms with Crippen molar-refractivity contribution < 1.29 is 23.8 Å². The Bertz CT molecular complexity index is 1270. The summed E-state index contributed by atoms with van der Waals surface area (Å²) < 4.78 is 17.2. The van der Waals surface area contributed by atoms with Crippen LogP contribution in [0.15, 0.2) is 60.7 Å². The molecule has 1 fully saturated rings. The molecule has 0 atom stereocenters. The number of benzene rings is 3. The van der Waals surface area contributed by atoms with Crippen molar-refractivity contribution in [1.82, 2.24) is 10.2 Å². The lowest BCUT2D eigenvalue weighted by Gasteiger charge is -2.21. The molecule has 0 aromatic heterocycles. The average molecular weight is 488 g/mol. The highest BCUT2D eigenvalue weighted by molar-refractivity contribution is 5.94. The fourth-order valence-electron chi connectivity index (χ4n) is 4.69. The first-order chi connectivity index (χ1) is 17.6. The third-order valence-electron chi connectivity index (χ3n) is 6.55. The van der Waals surface area contributed by atoms with Crippen LogP contribution in [0.3, 0.4) is 0 Å². The summed E-state index contributed by atoms with van der Waals surface area (Å²) >= 11 is 0. The number of urea groups is 1. The fraction of sp³-hybridized carbons (Fsp3) is 0.286. The quantitative estimate of drug-likeness (QED) is 0.571. The highest BCUT2D eigenvalue weighted by Gasteiger charge is 2.25. The minimum absolute atomic E-state index is 0.0137. The van der Waals surface area contributed by atoms with Gasteiger partial charge in [-0.2, -0.15) is 0 Å². The van der Waals surface area contributed by atoms with Gasteiger partial charge in [-0.1, -0.05) is 30.3 Å². The summed E-state index contributed by atoms with van der Waals surface area (Å²) in [7, 11) is 3.27. The maximum Gasteiger partial charge on any atom is 0.321 e. The predicted octanol–water partition coefficient (Wildman–Crippen LogP) is 3.86. The second-order valence-corrected chi connectivity index (χ2v) is 8.76. The number of methoxy groups -OCH3 is 2. The van der Waals surface area contributed by atoms with Gasteiger partial charge in [0.05, 0.1) is 27.2 Å².